The van der Waals surface area contributed by atoms with Crippen LogP contribution in [0.5, 0.6) is 5.75 Å². The molecule has 4 heterocycles. The molecule has 0 bridgehead atoms. The van der Waals surface area contributed by atoms with Crippen LogP contribution in [0.1, 0.15) is 31.7 Å². The monoisotopic (exact) mass is 463 g/mol. The van der Waals surface area contributed by atoms with Gasteiger partial charge in [0.2, 0.25) is 5.96 Å². The molecule has 1 aromatic rings. The van der Waals surface area contributed by atoms with Crippen LogP contribution in [0.15, 0.2) is 34.3 Å². The van der Waals surface area contributed by atoms with E-state index in [9.17, 15) is 4.79 Å². The van der Waals surface area contributed by atoms with E-state index in [0.717, 1.165) is 68.7 Å². The van der Waals surface area contributed by atoms with Gasteiger partial charge < -0.3 is 25.2 Å². The number of methoxy groups -OCH3 is 1. The summed E-state index contributed by atoms with van der Waals surface area (Å²) in [5.74, 6) is 8.56. The second-order valence-electron chi connectivity index (χ2n) is 9.19. The molecule has 0 spiro atoms. The van der Waals surface area contributed by atoms with Crippen LogP contribution >= 0.6 is 0 Å². The zero-order valence-electron chi connectivity index (χ0n) is 20.0. The van der Waals surface area contributed by atoms with Crippen molar-refractivity contribution in [1.29, 1.82) is 0 Å². The lowest BCUT2D eigenvalue weighted by atomic mass is 10.1. The maximum Gasteiger partial charge on any atom is 0.256 e. The van der Waals surface area contributed by atoms with Gasteiger partial charge in [0.25, 0.3) is 5.91 Å². The van der Waals surface area contributed by atoms with Gasteiger partial charge in [0.1, 0.15) is 5.75 Å². The summed E-state index contributed by atoms with van der Waals surface area (Å²) in [4.78, 5) is 32.3. The van der Waals surface area contributed by atoms with E-state index in [-0.39, 0.29) is 18.1 Å². The maximum atomic E-state index is 14.0. The van der Waals surface area contributed by atoms with Crippen LogP contribution in [0.25, 0.3) is 0 Å². The smallest absolute Gasteiger partial charge is 0.256 e. The third-order valence-corrected chi connectivity index (χ3v) is 6.94. The molecule has 0 saturated carbocycles. The molecule has 3 atom stereocenters. The third kappa shape index (κ3) is 4.07. The van der Waals surface area contributed by atoms with Gasteiger partial charge in [-0.3, -0.25) is 14.7 Å². The fraction of sp³-hybridized carbons (Fsp3) is 0.560. The quantitative estimate of drug-likeness (QED) is 0.668. The molecule has 0 radical (unpaired) electrons. The van der Waals surface area contributed by atoms with Gasteiger partial charge in [-0.25, -0.2) is 4.99 Å². The molecule has 0 aromatic heterocycles. The number of likely N-dealkylation sites (tertiary alicyclic amines) is 1. The van der Waals surface area contributed by atoms with Crippen LogP contribution in [0.2, 0.25) is 0 Å². The van der Waals surface area contributed by atoms with Gasteiger partial charge in [0, 0.05) is 32.2 Å². The SMILES string of the molecule is CC#CCN1C(N2CCC[C@@H](N)C2)=NC2C1C(=O)N(Cc1ccc(OC)cc1)C1=NCCCN12. The lowest BCUT2D eigenvalue weighted by molar-refractivity contribution is -0.136. The molecule has 2 saturated heterocycles. The van der Waals surface area contributed by atoms with Crippen molar-refractivity contribution in [2.45, 2.75) is 51.0 Å². The minimum Gasteiger partial charge on any atom is -0.497 e. The first-order valence-corrected chi connectivity index (χ1v) is 12.1. The molecule has 180 valence electrons. The number of hydrogen-bond donors (Lipinski definition) is 1. The molecule has 2 N–H and O–H groups in total. The fourth-order valence-electron chi connectivity index (χ4n) is 5.26. The number of nitrogens with two attached hydrogens (primary N) is 1. The summed E-state index contributed by atoms with van der Waals surface area (Å²) < 4.78 is 5.29. The van der Waals surface area contributed by atoms with Gasteiger partial charge in [-0.05, 0) is 43.9 Å². The lowest BCUT2D eigenvalue weighted by Gasteiger charge is -2.46. The van der Waals surface area contributed by atoms with Crippen molar-refractivity contribution < 1.29 is 9.53 Å². The van der Waals surface area contributed by atoms with E-state index in [4.69, 9.17) is 20.5 Å². The fourth-order valence-corrected chi connectivity index (χ4v) is 5.26. The average molecular weight is 464 g/mol. The molecular formula is C25H33N7O2. The highest BCUT2D eigenvalue weighted by Gasteiger charge is 2.53. The highest BCUT2D eigenvalue weighted by atomic mass is 16.5. The Kier molecular flexibility index (Phi) is 6.33. The van der Waals surface area contributed by atoms with Crippen LogP contribution < -0.4 is 10.5 Å². The Balaban J connectivity index is 1.49. The predicted molar refractivity (Wildman–Crippen MR) is 131 cm³/mol. The first-order chi connectivity index (χ1) is 16.6. The number of guanidine groups is 2. The largest absolute Gasteiger partial charge is 0.497 e. The Morgan fingerprint density at radius 2 is 2.00 bits per heavy atom. The van der Waals surface area contributed by atoms with Gasteiger partial charge >= 0.3 is 0 Å². The van der Waals surface area contributed by atoms with Crippen molar-refractivity contribution in [2.75, 3.05) is 39.8 Å². The Morgan fingerprint density at radius 1 is 1.18 bits per heavy atom. The summed E-state index contributed by atoms with van der Waals surface area (Å²) in [5.41, 5.74) is 7.32. The number of carbonyl (C=O) groups is 1. The number of fused-ring (bicyclic) bond motifs is 3. The number of benzene rings is 1. The van der Waals surface area contributed by atoms with Crippen molar-refractivity contribution in [3.63, 3.8) is 0 Å². The summed E-state index contributed by atoms with van der Waals surface area (Å²) in [7, 11) is 1.65. The van der Waals surface area contributed by atoms with E-state index in [1.807, 2.05) is 36.1 Å². The van der Waals surface area contributed by atoms with Crippen LogP contribution in [-0.4, -0.2) is 95.5 Å². The van der Waals surface area contributed by atoms with Gasteiger partial charge in [-0.1, -0.05) is 18.1 Å². The molecule has 0 aliphatic carbocycles. The third-order valence-electron chi connectivity index (χ3n) is 6.94. The highest BCUT2D eigenvalue weighted by molar-refractivity contribution is 6.05. The van der Waals surface area contributed by atoms with Crippen molar-refractivity contribution in [2.24, 2.45) is 15.7 Å². The Bertz CT molecular complexity index is 1040. The molecule has 1 amide bonds. The Labute approximate surface area is 201 Å². The van der Waals surface area contributed by atoms with Crippen LogP contribution in [0, 0.1) is 11.8 Å². The molecule has 2 fully saturated rings. The van der Waals surface area contributed by atoms with Gasteiger partial charge in [0.05, 0.1) is 20.2 Å². The Hall–Kier alpha value is -3.25. The van der Waals surface area contributed by atoms with Crippen molar-refractivity contribution >= 4 is 17.8 Å². The van der Waals surface area contributed by atoms with E-state index in [2.05, 4.69) is 26.5 Å². The normalized spacial score (nSPS) is 26.3. The lowest BCUT2D eigenvalue weighted by Crippen LogP contribution is -2.67. The molecule has 34 heavy (non-hydrogen) atoms. The first kappa shape index (κ1) is 22.5. The number of carbonyl (C=O) groups excluding carboxylic acids is 1. The summed E-state index contributed by atoms with van der Waals surface area (Å²) in [6.07, 6.45) is 2.70. The number of ether oxygens (including phenoxy) is 1. The standard InChI is InChI=1S/C25H33N7O2/c1-3-4-14-30-21-22(28-25(30)29-13-5-7-19(26)17-29)31-15-6-12-27-24(31)32(23(21)33)16-18-8-10-20(34-2)11-9-18/h8-11,19,21-22H,5-7,12-17,26H2,1-2H3/t19-,21?,22?/m1/s1. The van der Waals surface area contributed by atoms with Crippen LogP contribution in [0.4, 0.5) is 0 Å². The molecule has 5 rings (SSSR count). The number of amides is 1. The molecule has 4 aliphatic rings. The topological polar surface area (TPSA) is 90.0 Å². The summed E-state index contributed by atoms with van der Waals surface area (Å²) in [6.45, 7) is 5.94. The summed E-state index contributed by atoms with van der Waals surface area (Å²) in [5, 5.41) is 0. The number of aliphatic imine (C=N–C) groups is 2. The number of rotatable bonds is 4. The van der Waals surface area contributed by atoms with Crippen molar-refractivity contribution in [3.05, 3.63) is 29.8 Å². The number of hydrogen-bond acceptors (Lipinski definition) is 8. The zero-order valence-corrected chi connectivity index (χ0v) is 20.0. The van der Waals surface area contributed by atoms with Crippen molar-refractivity contribution in [1.82, 2.24) is 19.6 Å². The Morgan fingerprint density at radius 3 is 2.74 bits per heavy atom. The minimum absolute atomic E-state index is 0.0238. The summed E-state index contributed by atoms with van der Waals surface area (Å²) >= 11 is 0. The van der Waals surface area contributed by atoms with E-state index in [1.165, 1.54) is 0 Å². The van der Waals surface area contributed by atoms with E-state index < -0.39 is 6.04 Å². The average Bonchev–Trinajstić information content (AvgIpc) is 3.25. The molecular weight excluding hydrogens is 430 g/mol. The van der Waals surface area contributed by atoms with Gasteiger partial charge in [0.15, 0.2) is 18.2 Å². The molecule has 2 unspecified atom stereocenters. The second-order valence-corrected chi connectivity index (χ2v) is 9.19. The van der Waals surface area contributed by atoms with Gasteiger partial charge in [-0.2, -0.15) is 0 Å². The molecule has 9 nitrogen and oxygen atoms in total. The molecule has 1 aromatic carbocycles. The summed E-state index contributed by atoms with van der Waals surface area (Å²) in [6, 6.07) is 7.53. The van der Waals surface area contributed by atoms with Gasteiger partial charge in [-0.15, -0.1) is 5.92 Å². The van der Waals surface area contributed by atoms with E-state index >= 15 is 0 Å². The zero-order chi connectivity index (χ0) is 23.7. The highest BCUT2D eigenvalue weighted by Crippen LogP contribution is 2.32. The molecule has 9 heteroatoms. The van der Waals surface area contributed by atoms with E-state index in [0.29, 0.717) is 13.1 Å². The predicted octanol–water partition coefficient (Wildman–Crippen LogP) is 0.912. The number of nitrogens with zero attached hydrogens (tertiary/aromatic N) is 6. The van der Waals surface area contributed by atoms with Crippen LogP contribution in [-0.2, 0) is 11.3 Å². The van der Waals surface area contributed by atoms with E-state index in [1.54, 1.807) is 7.11 Å². The second kappa shape index (κ2) is 9.55. The first-order valence-electron chi connectivity index (χ1n) is 12.1. The number of piperidine rings is 1. The van der Waals surface area contributed by atoms with Crippen molar-refractivity contribution in [3.8, 4) is 17.6 Å². The maximum absolute atomic E-state index is 14.0. The minimum atomic E-state index is -0.427. The molecule has 4 aliphatic heterocycles. The van der Waals surface area contributed by atoms with Crippen LogP contribution in [0.3, 0.4) is 0 Å².